The lowest BCUT2D eigenvalue weighted by Gasteiger charge is -2.24. The fourth-order valence-electron chi connectivity index (χ4n) is 3.12. The Bertz CT molecular complexity index is 1090. The molecule has 8 nitrogen and oxygen atoms in total. The van der Waals surface area contributed by atoms with Crippen molar-refractivity contribution in [1.82, 2.24) is 0 Å². The van der Waals surface area contributed by atoms with E-state index in [1.165, 1.54) is 19.2 Å². The summed E-state index contributed by atoms with van der Waals surface area (Å²) >= 11 is 12.0. The van der Waals surface area contributed by atoms with Crippen LogP contribution in [0.2, 0.25) is 10.0 Å². The van der Waals surface area contributed by atoms with Crippen molar-refractivity contribution in [2.75, 3.05) is 19.0 Å². The zero-order valence-corrected chi connectivity index (χ0v) is 18.6. The number of nitrogens with one attached hydrogen (secondary N) is 1. The van der Waals surface area contributed by atoms with Crippen LogP contribution in [0.1, 0.15) is 18.4 Å². The quantitative estimate of drug-likeness (QED) is 0.512. The van der Waals surface area contributed by atoms with Gasteiger partial charge in [-0.2, -0.15) is 0 Å². The molecule has 1 atom stereocenters. The molecular formula is C22H20Cl2N2O6. The Labute approximate surface area is 194 Å². The summed E-state index contributed by atoms with van der Waals surface area (Å²) in [6.07, 6.45) is 0.926. The number of hydrogen-bond acceptors (Lipinski definition) is 6. The molecule has 10 heteroatoms. The van der Waals surface area contributed by atoms with Crippen molar-refractivity contribution in [3.8, 4) is 11.5 Å². The molecule has 1 aliphatic rings. The van der Waals surface area contributed by atoms with E-state index in [1.807, 2.05) is 0 Å². The van der Waals surface area contributed by atoms with Crippen LogP contribution in [0.3, 0.4) is 0 Å². The van der Waals surface area contributed by atoms with E-state index in [0.29, 0.717) is 34.4 Å². The molecule has 0 saturated heterocycles. The van der Waals surface area contributed by atoms with Crippen molar-refractivity contribution in [1.29, 1.82) is 0 Å². The molecule has 1 aliphatic heterocycles. The van der Waals surface area contributed by atoms with Gasteiger partial charge in [0, 0.05) is 17.0 Å². The van der Waals surface area contributed by atoms with E-state index >= 15 is 0 Å². The summed E-state index contributed by atoms with van der Waals surface area (Å²) in [6, 6.07) is 9.60. The maximum atomic E-state index is 13.1. The normalized spacial score (nSPS) is 17.2. The van der Waals surface area contributed by atoms with Crippen LogP contribution in [0.4, 0.5) is 5.69 Å². The van der Waals surface area contributed by atoms with Crippen molar-refractivity contribution in [2.24, 2.45) is 5.16 Å². The second-order valence-electron chi connectivity index (χ2n) is 6.91. The number of halogens is 2. The van der Waals surface area contributed by atoms with E-state index in [4.69, 9.17) is 37.5 Å². The molecule has 0 aliphatic carbocycles. The molecule has 1 amide bonds. The number of methoxy groups -OCH3 is 1. The van der Waals surface area contributed by atoms with Gasteiger partial charge in [-0.1, -0.05) is 41.0 Å². The largest absolute Gasteiger partial charge is 0.493 e. The number of aliphatic carboxylic acids is 1. The molecule has 0 unspecified atom stereocenters. The van der Waals surface area contributed by atoms with Gasteiger partial charge < -0.3 is 24.7 Å². The Balaban J connectivity index is 1.85. The van der Waals surface area contributed by atoms with Crippen LogP contribution in [0.25, 0.3) is 0 Å². The fraction of sp³-hybridized carbons (Fsp3) is 0.227. The number of carbonyl (C=O) groups is 2. The van der Waals surface area contributed by atoms with Gasteiger partial charge in [0.1, 0.15) is 6.61 Å². The predicted molar refractivity (Wildman–Crippen MR) is 121 cm³/mol. The van der Waals surface area contributed by atoms with E-state index in [0.717, 1.165) is 0 Å². The van der Waals surface area contributed by atoms with Gasteiger partial charge >= 0.3 is 5.97 Å². The van der Waals surface area contributed by atoms with Crippen molar-refractivity contribution >= 4 is 46.5 Å². The van der Waals surface area contributed by atoms with E-state index in [9.17, 15) is 14.7 Å². The van der Waals surface area contributed by atoms with E-state index in [1.54, 1.807) is 30.3 Å². The SMILES string of the molecule is C=CCOc1ccc(C2=NO[C@@](CC(=O)O)(C(=O)Nc3ccc(Cl)cc3Cl)C2)cc1OC. The van der Waals surface area contributed by atoms with E-state index in [2.05, 4.69) is 17.1 Å². The first-order valence-electron chi connectivity index (χ1n) is 9.43. The number of benzene rings is 2. The number of ether oxygens (including phenoxy) is 2. The summed E-state index contributed by atoms with van der Waals surface area (Å²) in [6.45, 7) is 3.91. The van der Waals surface area contributed by atoms with Gasteiger partial charge in [-0.05, 0) is 36.4 Å². The zero-order chi connectivity index (χ0) is 23.3. The lowest BCUT2D eigenvalue weighted by Crippen LogP contribution is -2.45. The second-order valence-corrected chi connectivity index (χ2v) is 7.76. The molecule has 0 radical (unpaired) electrons. The van der Waals surface area contributed by atoms with Crippen molar-refractivity contribution in [3.05, 3.63) is 64.7 Å². The summed E-state index contributed by atoms with van der Waals surface area (Å²) in [5.41, 5.74) is -0.502. The highest BCUT2D eigenvalue weighted by Crippen LogP contribution is 2.35. The predicted octanol–water partition coefficient (Wildman–Crippen LogP) is 4.54. The maximum Gasteiger partial charge on any atom is 0.308 e. The Morgan fingerprint density at radius 3 is 2.72 bits per heavy atom. The van der Waals surface area contributed by atoms with Crippen LogP contribution < -0.4 is 14.8 Å². The Morgan fingerprint density at radius 1 is 1.28 bits per heavy atom. The van der Waals surface area contributed by atoms with Crippen molar-refractivity contribution < 1.29 is 29.0 Å². The topological polar surface area (TPSA) is 106 Å². The second kappa shape index (κ2) is 9.93. The Morgan fingerprint density at radius 2 is 2.06 bits per heavy atom. The molecule has 2 N–H and O–H groups in total. The van der Waals surface area contributed by atoms with Crippen LogP contribution in [-0.2, 0) is 14.4 Å². The molecule has 2 aromatic carbocycles. The van der Waals surface area contributed by atoms with Crippen LogP contribution in [0, 0.1) is 0 Å². The molecule has 168 valence electrons. The molecule has 2 aromatic rings. The van der Waals surface area contributed by atoms with Crippen LogP contribution in [-0.4, -0.2) is 42.0 Å². The first-order chi connectivity index (χ1) is 15.3. The molecule has 0 bridgehead atoms. The molecule has 0 aromatic heterocycles. The van der Waals surface area contributed by atoms with E-state index in [-0.39, 0.29) is 17.1 Å². The Kier molecular flexibility index (Phi) is 7.27. The number of rotatable bonds is 9. The number of nitrogens with zero attached hydrogens (tertiary/aromatic N) is 1. The summed E-state index contributed by atoms with van der Waals surface area (Å²) < 4.78 is 10.9. The number of oxime groups is 1. The summed E-state index contributed by atoms with van der Waals surface area (Å²) in [7, 11) is 1.49. The van der Waals surface area contributed by atoms with Gasteiger partial charge in [0.25, 0.3) is 5.91 Å². The van der Waals surface area contributed by atoms with E-state index < -0.39 is 23.9 Å². The average molecular weight is 479 g/mol. The minimum atomic E-state index is -1.75. The molecule has 32 heavy (non-hydrogen) atoms. The summed E-state index contributed by atoms with van der Waals surface area (Å²) in [4.78, 5) is 30.0. The third-order valence-electron chi connectivity index (χ3n) is 4.67. The number of carboxylic acids is 1. The van der Waals surface area contributed by atoms with Crippen LogP contribution >= 0.6 is 23.2 Å². The number of anilines is 1. The molecular weight excluding hydrogens is 459 g/mol. The molecule has 1 heterocycles. The van der Waals surface area contributed by atoms with Crippen LogP contribution in [0.5, 0.6) is 11.5 Å². The fourth-order valence-corrected chi connectivity index (χ4v) is 3.57. The third-order valence-corrected chi connectivity index (χ3v) is 5.21. The van der Waals surface area contributed by atoms with Crippen molar-refractivity contribution in [2.45, 2.75) is 18.4 Å². The Hall–Kier alpha value is -3.23. The summed E-state index contributed by atoms with van der Waals surface area (Å²) in [5, 5.41) is 16.6. The monoisotopic (exact) mass is 478 g/mol. The third kappa shape index (κ3) is 5.15. The lowest BCUT2D eigenvalue weighted by molar-refractivity contribution is -0.152. The smallest absolute Gasteiger partial charge is 0.308 e. The van der Waals surface area contributed by atoms with Gasteiger partial charge in [0.15, 0.2) is 11.5 Å². The minimum absolute atomic E-state index is 0.0770. The summed E-state index contributed by atoms with van der Waals surface area (Å²) in [5.74, 6) is -0.965. The highest BCUT2D eigenvalue weighted by molar-refractivity contribution is 6.36. The van der Waals surface area contributed by atoms with Gasteiger partial charge in [0.05, 0.1) is 30.0 Å². The number of hydrogen-bond donors (Lipinski definition) is 2. The highest BCUT2D eigenvalue weighted by atomic mass is 35.5. The highest BCUT2D eigenvalue weighted by Gasteiger charge is 2.49. The van der Waals surface area contributed by atoms with Crippen molar-refractivity contribution in [3.63, 3.8) is 0 Å². The molecule has 0 saturated carbocycles. The number of carboxylic acid groups (broad SMARTS) is 1. The molecule has 0 fully saturated rings. The zero-order valence-electron chi connectivity index (χ0n) is 17.1. The number of carbonyl (C=O) groups excluding carboxylic acids is 1. The van der Waals surface area contributed by atoms with Gasteiger partial charge in [-0.15, -0.1) is 0 Å². The number of amides is 1. The maximum absolute atomic E-state index is 13.1. The average Bonchev–Trinajstić information content (AvgIpc) is 3.18. The van der Waals surface area contributed by atoms with Gasteiger partial charge in [0.2, 0.25) is 5.60 Å². The first-order valence-corrected chi connectivity index (χ1v) is 10.2. The molecule has 3 rings (SSSR count). The first kappa shape index (κ1) is 23.4. The molecule has 0 spiro atoms. The lowest BCUT2D eigenvalue weighted by atomic mass is 9.90. The minimum Gasteiger partial charge on any atom is -0.493 e. The van der Waals surface area contributed by atoms with Gasteiger partial charge in [-0.25, -0.2) is 0 Å². The van der Waals surface area contributed by atoms with Crippen LogP contribution in [0.15, 0.2) is 54.2 Å². The van der Waals surface area contributed by atoms with Gasteiger partial charge in [-0.3, -0.25) is 9.59 Å². The standard InChI is InChI=1S/C22H20Cl2N2O6/c1-3-8-31-18-7-4-13(9-19(18)30-2)17-11-22(32-26-17,12-20(27)28)21(29)25-16-6-5-14(23)10-15(16)24/h3-7,9-10H,1,8,11-12H2,2H3,(H,25,29)(H,27,28)/t22-/m0/s1.